The third-order valence-electron chi connectivity index (χ3n) is 3.06. The molecule has 1 atom stereocenters. The second-order valence-electron chi connectivity index (χ2n) is 4.46. The van der Waals surface area contributed by atoms with E-state index >= 15 is 0 Å². The Morgan fingerprint density at radius 3 is 2.45 bits per heavy atom. The fourth-order valence-electron chi connectivity index (χ4n) is 2.00. The first-order valence-corrected chi connectivity index (χ1v) is 6.18. The Bertz CT molecular complexity index is 596. The number of ether oxygens (including phenoxy) is 2. The normalized spacial score (nSPS) is 12.0. The Hall–Kier alpha value is -2.44. The van der Waals surface area contributed by atoms with Gasteiger partial charge < -0.3 is 25.1 Å². The molecule has 20 heavy (non-hydrogen) atoms. The van der Waals surface area contributed by atoms with Gasteiger partial charge in [-0.05, 0) is 6.92 Å². The Balaban J connectivity index is 2.27. The lowest BCUT2D eigenvalue weighted by atomic mass is 10.2. The van der Waals surface area contributed by atoms with Crippen LogP contribution in [0.5, 0.6) is 11.5 Å². The second-order valence-corrected chi connectivity index (χ2v) is 4.46. The average Bonchev–Trinajstić information content (AvgIpc) is 2.86. The lowest BCUT2D eigenvalue weighted by Gasteiger charge is -2.18. The monoisotopic (exact) mass is 277 g/mol. The van der Waals surface area contributed by atoms with Crippen LogP contribution in [-0.4, -0.2) is 29.0 Å². The minimum absolute atomic E-state index is 0.0390. The zero-order valence-electron chi connectivity index (χ0n) is 12.0. The zero-order valence-corrected chi connectivity index (χ0v) is 12.0. The van der Waals surface area contributed by atoms with Gasteiger partial charge in [0.1, 0.15) is 6.33 Å². The van der Waals surface area contributed by atoms with Crippen molar-refractivity contribution in [2.45, 2.75) is 13.0 Å². The van der Waals surface area contributed by atoms with Crippen LogP contribution in [0.2, 0.25) is 0 Å². The smallest absolute Gasteiger partial charge is 0.162 e. The van der Waals surface area contributed by atoms with E-state index in [0.717, 1.165) is 11.5 Å². The third-order valence-corrected chi connectivity index (χ3v) is 3.06. The molecule has 1 heterocycles. The van der Waals surface area contributed by atoms with Gasteiger partial charge in [0.15, 0.2) is 17.3 Å². The number of nitrogens with one attached hydrogen (secondary N) is 1. The van der Waals surface area contributed by atoms with Crippen LogP contribution in [0.15, 0.2) is 18.5 Å². The van der Waals surface area contributed by atoms with Gasteiger partial charge in [-0.2, -0.15) is 0 Å². The van der Waals surface area contributed by atoms with Crippen LogP contribution in [0.3, 0.4) is 0 Å². The molecule has 0 spiro atoms. The molecule has 1 aromatic heterocycles. The highest BCUT2D eigenvalue weighted by atomic mass is 16.5. The lowest BCUT2D eigenvalue weighted by molar-refractivity contribution is 0.355. The summed E-state index contributed by atoms with van der Waals surface area (Å²) in [6, 6.07) is 3.49. The molecule has 0 amide bonds. The van der Waals surface area contributed by atoms with Crippen LogP contribution >= 0.6 is 0 Å². The minimum atomic E-state index is -0.0390. The number of rotatable bonds is 5. The van der Waals surface area contributed by atoms with Crippen molar-refractivity contribution in [2.75, 3.05) is 25.3 Å². The molecule has 3 N–H and O–H groups in total. The van der Waals surface area contributed by atoms with Crippen molar-refractivity contribution in [3.05, 3.63) is 24.3 Å². The highest BCUT2D eigenvalue weighted by Crippen LogP contribution is 2.36. The molecule has 0 saturated heterocycles. The van der Waals surface area contributed by atoms with E-state index in [1.165, 1.54) is 0 Å². The predicted octanol–water partition coefficient (Wildman–Crippen LogP) is 1.59. The van der Waals surface area contributed by atoms with Gasteiger partial charge in [0.2, 0.25) is 0 Å². The molecule has 0 bridgehead atoms. The molecule has 108 valence electrons. The number of nitrogens with zero attached hydrogens (tertiary/aromatic N) is 3. The van der Waals surface area contributed by atoms with Gasteiger partial charge in [0.05, 0.1) is 31.6 Å². The van der Waals surface area contributed by atoms with Gasteiger partial charge >= 0.3 is 0 Å². The van der Waals surface area contributed by atoms with E-state index in [4.69, 9.17) is 15.2 Å². The Morgan fingerprint density at radius 1 is 1.25 bits per heavy atom. The van der Waals surface area contributed by atoms with E-state index in [0.29, 0.717) is 17.2 Å². The van der Waals surface area contributed by atoms with Gasteiger partial charge in [0, 0.05) is 19.2 Å². The van der Waals surface area contributed by atoms with E-state index in [9.17, 15) is 0 Å². The first-order chi connectivity index (χ1) is 9.56. The Morgan fingerprint density at radius 2 is 1.90 bits per heavy atom. The molecular formula is C13H19N5O2. The molecule has 0 aliphatic carbocycles. The minimum Gasteiger partial charge on any atom is -0.493 e. The summed E-state index contributed by atoms with van der Waals surface area (Å²) in [5.41, 5.74) is 7.36. The number of methoxy groups -OCH3 is 2. The number of benzene rings is 1. The quantitative estimate of drug-likeness (QED) is 0.807. The maximum atomic E-state index is 6.02. The highest BCUT2D eigenvalue weighted by molar-refractivity contribution is 5.72. The molecule has 2 rings (SSSR count). The van der Waals surface area contributed by atoms with Crippen LogP contribution in [0.25, 0.3) is 0 Å². The van der Waals surface area contributed by atoms with Gasteiger partial charge in [-0.3, -0.25) is 0 Å². The largest absolute Gasteiger partial charge is 0.493 e. The first-order valence-electron chi connectivity index (χ1n) is 6.18. The zero-order chi connectivity index (χ0) is 14.7. The number of hydrogen-bond donors (Lipinski definition) is 2. The molecule has 0 saturated carbocycles. The molecule has 0 aliphatic heterocycles. The molecule has 0 aliphatic rings. The van der Waals surface area contributed by atoms with Crippen molar-refractivity contribution in [1.29, 1.82) is 0 Å². The fourth-order valence-corrected chi connectivity index (χ4v) is 2.00. The first kappa shape index (κ1) is 14.0. The SMILES string of the molecule is COc1cc(N)c(NC(C)c2nncn2C)cc1OC. The van der Waals surface area contributed by atoms with Gasteiger partial charge in [-0.1, -0.05) is 0 Å². The second kappa shape index (κ2) is 5.68. The fraction of sp³-hybridized carbons (Fsp3) is 0.385. The molecule has 0 radical (unpaired) electrons. The van der Waals surface area contributed by atoms with E-state index in [1.54, 1.807) is 32.7 Å². The standard InChI is InChI=1S/C13H19N5O2/c1-8(13-17-15-7-18(13)2)16-10-6-12(20-4)11(19-3)5-9(10)14/h5-8,16H,14H2,1-4H3. The Kier molecular flexibility index (Phi) is 3.97. The van der Waals surface area contributed by atoms with Crippen LogP contribution < -0.4 is 20.5 Å². The van der Waals surface area contributed by atoms with Crippen molar-refractivity contribution in [3.8, 4) is 11.5 Å². The number of aryl methyl sites for hydroxylation is 1. The van der Waals surface area contributed by atoms with Crippen molar-refractivity contribution < 1.29 is 9.47 Å². The van der Waals surface area contributed by atoms with E-state index in [1.807, 2.05) is 18.5 Å². The van der Waals surface area contributed by atoms with Crippen LogP contribution in [0.4, 0.5) is 11.4 Å². The predicted molar refractivity (Wildman–Crippen MR) is 77.0 cm³/mol. The molecule has 7 heteroatoms. The summed E-state index contributed by atoms with van der Waals surface area (Å²) in [5, 5.41) is 11.2. The molecule has 1 aromatic carbocycles. The topological polar surface area (TPSA) is 87.2 Å². The summed E-state index contributed by atoms with van der Waals surface area (Å²) in [7, 11) is 5.06. The van der Waals surface area contributed by atoms with Crippen molar-refractivity contribution in [2.24, 2.45) is 7.05 Å². The van der Waals surface area contributed by atoms with Crippen LogP contribution in [-0.2, 0) is 7.05 Å². The summed E-state index contributed by atoms with van der Waals surface area (Å²) in [6.45, 7) is 1.99. The maximum Gasteiger partial charge on any atom is 0.162 e. The maximum absolute atomic E-state index is 6.02. The summed E-state index contributed by atoms with van der Waals surface area (Å²) in [5.74, 6) is 2.04. The number of anilines is 2. The summed E-state index contributed by atoms with van der Waals surface area (Å²) >= 11 is 0. The number of aromatic nitrogens is 3. The van der Waals surface area contributed by atoms with Crippen molar-refractivity contribution >= 4 is 11.4 Å². The van der Waals surface area contributed by atoms with E-state index < -0.39 is 0 Å². The van der Waals surface area contributed by atoms with Gasteiger partial charge in [-0.25, -0.2) is 0 Å². The van der Waals surface area contributed by atoms with Crippen LogP contribution in [0.1, 0.15) is 18.8 Å². The summed E-state index contributed by atoms with van der Waals surface area (Å²) in [4.78, 5) is 0. The highest BCUT2D eigenvalue weighted by Gasteiger charge is 2.15. The van der Waals surface area contributed by atoms with Crippen molar-refractivity contribution in [3.63, 3.8) is 0 Å². The summed E-state index contributed by atoms with van der Waals surface area (Å²) in [6.07, 6.45) is 1.66. The number of hydrogen-bond acceptors (Lipinski definition) is 6. The molecule has 0 fully saturated rings. The van der Waals surface area contributed by atoms with Crippen LogP contribution in [0, 0.1) is 0 Å². The third kappa shape index (κ3) is 2.61. The van der Waals surface area contributed by atoms with Gasteiger partial charge in [-0.15, -0.1) is 10.2 Å². The van der Waals surface area contributed by atoms with Crippen molar-refractivity contribution in [1.82, 2.24) is 14.8 Å². The van der Waals surface area contributed by atoms with Gasteiger partial charge in [0.25, 0.3) is 0 Å². The molecule has 7 nitrogen and oxygen atoms in total. The van der Waals surface area contributed by atoms with E-state index in [-0.39, 0.29) is 6.04 Å². The Labute approximate surface area is 117 Å². The molecular weight excluding hydrogens is 258 g/mol. The molecule has 1 unspecified atom stereocenters. The average molecular weight is 277 g/mol. The summed E-state index contributed by atoms with van der Waals surface area (Å²) < 4.78 is 12.3. The number of nitrogens with two attached hydrogens (primary N) is 1. The van der Waals surface area contributed by atoms with E-state index in [2.05, 4.69) is 15.5 Å². The lowest BCUT2D eigenvalue weighted by Crippen LogP contribution is -2.13. The number of nitrogen functional groups attached to an aromatic ring is 1. The molecule has 2 aromatic rings.